The predicted octanol–water partition coefficient (Wildman–Crippen LogP) is 2.14. The van der Waals surface area contributed by atoms with Gasteiger partial charge in [0.25, 0.3) is 0 Å². The monoisotopic (exact) mass is 495 g/mol. The molecule has 1 aromatic heterocycles. The van der Waals surface area contributed by atoms with Crippen LogP contribution in [0.3, 0.4) is 0 Å². The minimum atomic E-state index is -1.10. The van der Waals surface area contributed by atoms with Crippen LogP contribution in [-0.2, 0) is 27.2 Å². The smallest absolute Gasteiger partial charge is 0.326 e. The van der Waals surface area contributed by atoms with Crippen LogP contribution in [0.2, 0.25) is 0 Å². The maximum atomic E-state index is 13.0. The molecule has 1 fully saturated rings. The zero-order valence-electron chi connectivity index (χ0n) is 21.3. The summed E-state index contributed by atoms with van der Waals surface area (Å²) in [4.78, 5) is 46.8. The van der Waals surface area contributed by atoms with Crippen molar-refractivity contribution in [3.8, 4) is 0 Å². The van der Waals surface area contributed by atoms with Gasteiger partial charge in [-0.15, -0.1) is 0 Å². The van der Waals surface area contributed by atoms with Gasteiger partial charge in [0.2, 0.25) is 11.8 Å². The van der Waals surface area contributed by atoms with Crippen LogP contribution < -0.4 is 16.0 Å². The van der Waals surface area contributed by atoms with Crippen LogP contribution in [0.5, 0.6) is 0 Å². The number of amides is 2. The van der Waals surface area contributed by atoms with Gasteiger partial charge in [-0.1, -0.05) is 44.2 Å². The number of nitrogens with one attached hydrogen (secondary N) is 3. The Hall–Kier alpha value is -3.33. The van der Waals surface area contributed by atoms with Gasteiger partial charge in [0.15, 0.2) is 0 Å². The average Bonchev–Trinajstić information content (AvgIpc) is 2.86. The zero-order valence-corrected chi connectivity index (χ0v) is 21.3. The third kappa shape index (κ3) is 8.12. The van der Waals surface area contributed by atoms with Gasteiger partial charge in [-0.2, -0.15) is 0 Å². The van der Waals surface area contributed by atoms with Gasteiger partial charge in [0.05, 0.1) is 0 Å². The number of carbonyl (C=O) groups excluding carboxylic acids is 2. The molecule has 2 heterocycles. The molecular weight excluding hydrogens is 458 g/mol. The van der Waals surface area contributed by atoms with Gasteiger partial charge < -0.3 is 21.1 Å². The normalized spacial score (nSPS) is 15.8. The highest BCUT2D eigenvalue weighted by atomic mass is 16.4. The van der Waals surface area contributed by atoms with Gasteiger partial charge >= 0.3 is 5.97 Å². The highest BCUT2D eigenvalue weighted by molar-refractivity contribution is 5.90. The first-order valence-corrected chi connectivity index (χ1v) is 12.6. The molecule has 194 valence electrons. The van der Waals surface area contributed by atoms with Gasteiger partial charge in [0, 0.05) is 30.1 Å². The largest absolute Gasteiger partial charge is 0.480 e. The van der Waals surface area contributed by atoms with Crippen LogP contribution in [0.15, 0.2) is 36.4 Å². The highest BCUT2D eigenvalue weighted by Crippen LogP contribution is 2.22. The zero-order chi connectivity index (χ0) is 26.1. The Bertz CT molecular complexity index is 1040. The number of hydrogen-bond acceptors (Lipinski definition) is 6. The van der Waals surface area contributed by atoms with Crippen molar-refractivity contribution < 1.29 is 19.5 Å². The molecule has 1 aliphatic rings. The van der Waals surface area contributed by atoms with Crippen molar-refractivity contribution in [3.05, 3.63) is 59.2 Å². The third-order valence-electron chi connectivity index (χ3n) is 6.40. The van der Waals surface area contributed by atoms with E-state index in [1.54, 1.807) is 13.8 Å². The first-order chi connectivity index (χ1) is 17.2. The lowest BCUT2D eigenvalue weighted by Crippen LogP contribution is -2.53. The number of rotatable bonds is 11. The number of carboxylic acids is 1. The number of carbonyl (C=O) groups is 3. The number of carboxylic acid groups (broad SMARTS) is 1. The van der Waals surface area contributed by atoms with Gasteiger partial charge in [-0.25, -0.2) is 14.8 Å². The Morgan fingerprint density at radius 1 is 1.08 bits per heavy atom. The van der Waals surface area contributed by atoms with Crippen molar-refractivity contribution in [2.45, 2.75) is 70.9 Å². The van der Waals surface area contributed by atoms with Crippen LogP contribution in [0.25, 0.3) is 0 Å². The van der Waals surface area contributed by atoms with E-state index in [0.717, 1.165) is 48.7 Å². The number of aryl methyl sites for hydroxylation is 2. The Labute approximate surface area is 212 Å². The van der Waals surface area contributed by atoms with E-state index in [9.17, 15) is 19.5 Å². The van der Waals surface area contributed by atoms with Crippen LogP contribution in [0, 0.1) is 12.8 Å². The molecular formula is C27H37N5O4. The van der Waals surface area contributed by atoms with Crippen LogP contribution in [0.4, 0.5) is 0 Å². The van der Waals surface area contributed by atoms with Crippen molar-refractivity contribution >= 4 is 17.8 Å². The van der Waals surface area contributed by atoms with E-state index in [1.807, 2.05) is 43.3 Å². The lowest BCUT2D eigenvalue weighted by molar-refractivity contribution is -0.143. The number of aliphatic carboxylic acids is 1. The average molecular weight is 496 g/mol. The summed E-state index contributed by atoms with van der Waals surface area (Å²) in [5.41, 5.74) is 2.55. The summed E-state index contributed by atoms with van der Waals surface area (Å²) < 4.78 is 0. The molecule has 0 aliphatic carbocycles. The van der Waals surface area contributed by atoms with Crippen molar-refractivity contribution in [1.82, 2.24) is 25.9 Å². The molecule has 36 heavy (non-hydrogen) atoms. The topological polar surface area (TPSA) is 133 Å². The Kier molecular flexibility index (Phi) is 9.93. The maximum absolute atomic E-state index is 13.0. The van der Waals surface area contributed by atoms with E-state index in [2.05, 4.69) is 20.9 Å². The molecule has 0 spiro atoms. The Balaban J connectivity index is 1.66. The number of aromatic nitrogens is 2. The lowest BCUT2D eigenvalue weighted by atomic mass is 9.97. The second-order valence-corrected chi connectivity index (χ2v) is 9.76. The van der Waals surface area contributed by atoms with Crippen molar-refractivity contribution in [1.29, 1.82) is 0 Å². The maximum Gasteiger partial charge on any atom is 0.326 e. The van der Waals surface area contributed by atoms with E-state index in [4.69, 9.17) is 4.98 Å². The number of nitrogens with zero attached hydrogens (tertiary/aromatic N) is 2. The fourth-order valence-electron chi connectivity index (χ4n) is 4.38. The van der Waals surface area contributed by atoms with E-state index >= 15 is 0 Å². The number of hydrogen-bond donors (Lipinski definition) is 4. The van der Waals surface area contributed by atoms with E-state index in [0.29, 0.717) is 12.3 Å². The highest BCUT2D eigenvalue weighted by Gasteiger charge is 2.28. The van der Waals surface area contributed by atoms with Crippen molar-refractivity contribution in [2.75, 3.05) is 13.1 Å². The summed E-state index contributed by atoms with van der Waals surface area (Å²) in [7, 11) is 0. The summed E-state index contributed by atoms with van der Waals surface area (Å²) in [6.07, 6.45) is 2.83. The Morgan fingerprint density at radius 2 is 1.78 bits per heavy atom. The summed E-state index contributed by atoms with van der Waals surface area (Å²) in [5, 5.41) is 18.2. The van der Waals surface area contributed by atoms with Crippen LogP contribution in [-0.4, -0.2) is 58.0 Å². The second kappa shape index (κ2) is 13.1. The summed E-state index contributed by atoms with van der Waals surface area (Å²) in [6.45, 7) is 7.29. The molecule has 2 aromatic rings. The minimum absolute atomic E-state index is 0.160. The first kappa shape index (κ1) is 27.3. The molecule has 0 saturated carbocycles. The fourth-order valence-corrected chi connectivity index (χ4v) is 4.38. The van der Waals surface area contributed by atoms with E-state index < -0.39 is 24.0 Å². The van der Waals surface area contributed by atoms with Crippen molar-refractivity contribution in [3.63, 3.8) is 0 Å². The first-order valence-electron chi connectivity index (χ1n) is 12.6. The molecule has 0 radical (unpaired) electrons. The summed E-state index contributed by atoms with van der Waals surface area (Å²) >= 11 is 0. The van der Waals surface area contributed by atoms with Gasteiger partial charge in [0.1, 0.15) is 17.9 Å². The summed E-state index contributed by atoms with van der Waals surface area (Å²) in [6, 6.07) is 9.30. The molecule has 1 aromatic carbocycles. The third-order valence-corrected chi connectivity index (χ3v) is 6.40. The molecule has 3 rings (SSSR count). The van der Waals surface area contributed by atoms with Gasteiger partial charge in [-0.3, -0.25) is 9.59 Å². The molecule has 0 unspecified atom stereocenters. The second-order valence-electron chi connectivity index (χ2n) is 9.76. The SMILES string of the molecule is Cc1cc(CCC(=O)N[C@@H](Cc2ccccc2)C(=O)N[C@H](C(=O)O)C(C)C)nc(C2CCNCC2)n1. The minimum Gasteiger partial charge on any atom is -0.480 e. The summed E-state index contributed by atoms with van der Waals surface area (Å²) in [5.74, 6) is -1.05. The fraction of sp³-hybridized carbons (Fsp3) is 0.519. The van der Waals surface area contributed by atoms with E-state index in [-0.39, 0.29) is 24.7 Å². The lowest BCUT2D eigenvalue weighted by Gasteiger charge is -2.23. The van der Waals surface area contributed by atoms with E-state index in [1.165, 1.54) is 0 Å². The molecule has 4 N–H and O–H groups in total. The van der Waals surface area contributed by atoms with Crippen LogP contribution >= 0.6 is 0 Å². The molecule has 2 atom stereocenters. The molecule has 1 aliphatic heterocycles. The predicted molar refractivity (Wildman–Crippen MR) is 136 cm³/mol. The van der Waals surface area contributed by atoms with Gasteiger partial charge in [-0.05, 0) is 56.8 Å². The molecule has 9 nitrogen and oxygen atoms in total. The molecule has 0 bridgehead atoms. The molecule has 1 saturated heterocycles. The van der Waals surface area contributed by atoms with Crippen LogP contribution in [0.1, 0.15) is 61.8 Å². The number of benzene rings is 1. The van der Waals surface area contributed by atoms with Crippen molar-refractivity contribution in [2.24, 2.45) is 5.92 Å². The standard InChI is InChI=1S/C27H37N5O4/c1-17(2)24(27(35)36)32-26(34)22(16-19-7-5-4-6-8-19)31-23(33)10-9-21-15-18(3)29-25(30-21)20-11-13-28-14-12-20/h4-8,15,17,20,22,24,28H,9-14,16H2,1-3H3,(H,31,33)(H,32,34)(H,35,36)/t22-,24-/m0/s1. The molecule has 9 heteroatoms. The Morgan fingerprint density at radius 3 is 2.42 bits per heavy atom. The molecule has 2 amide bonds. The number of piperidine rings is 1. The quantitative estimate of drug-likeness (QED) is 0.375.